The molecule has 0 aliphatic heterocycles. The maximum atomic E-state index is 12.7. The van der Waals surface area contributed by atoms with Crippen molar-refractivity contribution in [2.24, 2.45) is 0 Å². The highest BCUT2D eigenvalue weighted by Crippen LogP contribution is 2.34. The highest BCUT2D eigenvalue weighted by Gasteiger charge is 2.32. The van der Waals surface area contributed by atoms with Crippen LogP contribution in [-0.4, -0.2) is 28.5 Å². The van der Waals surface area contributed by atoms with E-state index in [1.807, 2.05) is 0 Å². The van der Waals surface area contributed by atoms with Gasteiger partial charge in [-0.1, -0.05) is 6.07 Å². The van der Waals surface area contributed by atoms with Gasteiger partial charge in [0.1, 0.15) is 11.7 Å². The number of halogens is 3. The lowest BCUT2D eigenvalue weighted by molar-refractivity contribution is -0.137. The number of aliphatic hydroxyl groups excluding tert-OH is 2. The molecule has 1 atom stereocenters. The minimum Gasteiger partial charge on any atom is -0.444 e. The Labute approximate surface area is 125 Å². The zero-order chi connectivity index (χ0) is 17.1. The van der Waals surface area contributed by atoms with Gasteiger partial charge in [0.25, 0.3) is 0 Å². The lowest BCUT2D eigenvalue weighted by Gasteiger charge is -2.21. The quantitative estimate of drug-likeness (QED) is 0.799. The molecular weight excluding hydrogens is 303 g/mol. The number of ether oxygens (including phenoxy) is 1. The van der Waals surface area contributed by atoms with Gasteiger partial charge in [0.2, 0.25) is 0 Å². The summed E-state index contributed by atoms with van der Waals surface area (Å²) in [7, 11) is 0. The maximum absolute atomic E-state index is 12.7. The fourth-order valence-corrected chi connectivity index (χ4v) is 1.64. The Kier molecular flexibility index (Phi) is 5.42. The molecule has 5 nitrogen and oxygen atoms in total. The van der Waals surface area contributed by atoms with Crippen molar-refractivity contribution in [3.8, 4) is 0 Å². The molecule has 1 amide bonds. The first-order valence-corrected chi connectivity index (χ1v) is 6.44. The number of alkyl halides is 3. The Bertz CT molecular complexity index is 538. The summed E-state index contributed by atoms with van der Waals surface area (Å²) in [6.45, 7) is 4.10. The zero-order valence-electron chi connectivity index (χ0n) is 12.4. The first kappa shape index (κ1) is 18.2. The molecule has 1 unspecified atom stereocenters. The number of amides is 1. The maximum Gasteiger partial charge on any atom is 0.416 e. The lowest BCUT2D eigenvalue weighted by atomic mass is 10.0. The molecule has 0 saturated carbocycles. The molecule has 1 rings (SSSR count). The molecule has 0 radical (unpaired) electrons. The average Bonchev–Trinajstić information content (AvgIpc) is 2.34. The van der Waals surface area contributed by atoms with Gasteiger partial charge < -0.3 is 14.9 Å². The van der Waals surface area contributed by atoms with Crippen molar-refractivity contribution < 1.29 is 32.9 Å². The molecule has 124 valence electrons. The van der Waals surface area contributed by atoms with Gasteiger partial charge in [0.05, 0.1) is 17.9 Å². The van der Waals surface area contributed by atoms with Crippen LogP contribution in [0.4, 0.5) is 23.7 Å². The van der Waals surface area contributed by atoms with Crippen LogP contribution in [0.3, 0.4) is 0 Å². The van der Waals surface area contributed by atoms with Crippen molar-refractivity contribution in [2.75, 3.05) is 11.9 Å². The number of hydrogen-bond donors (Lipinski definition) is 3. The predicted molar refractivity (Wildman–Crippen MR) is 73.3 cm³/mol. The van der Waals surface area contributed by atoms with E-state index in [-0.39, 0.29) is 11.3 Å². The minimum atomic E-state index is -4.60. The minimum absolute atomic E-state index is 0.0404. The van der Waals surface area contributed by atoms with E-state index in [4.69, 9.17) is 9.84 Å². The summed E-state index contributed by atoms with van der Waals surface area (Å²) in [4.78, 5) is 11.7. The van der Waals surface area contributed by atoms with E-state index in [1.165, 1.54) is 0 Å². The van der Waals surface area contributed by atoms with Gasteiger partial charge in [-0.3, -0.25) is 5.32 Å². The van der Waals surface area contributed by atoms with Gasteiger partial charge in [-0.2, -0.15) is 13.2 Å². The SMILES string of the molecule is CC(C)(C)OC(=O)Nc1cc(C(F)(F)F)ccc1C(O)CO. The molecule has 0 heterocycles. The zero-order valence-corrected chi connectivity index (χ0v) is 12.4. The third kappa shape index (κ3) is 5.19. The summed E-state index contributed by atoms with van der Waals surface area (Å²) in [5.74, 6) is 0. The number of hydrogen-bond acceptors (Lipinski definition) is 4. The summed E-state index contributed by atoms with van der Waals surface area (Å²) in [5, 5.41) is 20.7. The van der Waals surface area contributed by atoms with Gasteiger partial charge in [-0.25, -0.2) is 4.79 Å². The van der Waals surface area contributed by atoms with Crippen LogP contribution in [0.15, 0.2) is 18.2 Å². The molecule has 1 aromatic carbocycles. The number of nitrogens with one attached hydrogen (secondary N) is 1. The summed E-state index contributed by atoms with van der Waals surface area (Å²) >= 11 is 0. The van der Waals surface area contributed by atoms with Crippen LogP contribution in [0.2, 0.25) is 0 Å². The van der Waals surface area contributed by atoms with Crippen LogP contribution in [0.25, 0.3) is 0 Å². The normalized spacial score (nSPS) is 13.6. The second-order valence-corrected chi connectivity index (χ2v) is 5.63. The number of benzene rings is 1. The van der Waals surface area contributed by atoms with Gasteiger partial charge >= 0.3 is 12.3 Å². The van der Waals surface area contributed by atoms with E-state index in [9.17, 15) is 23.1 Å². The molecule has 0 aliphatic rings. The lowest BCUT2D eigenvalue weighted by Crippen LogP contribution is -2.28. The molecule has 0 spiro atoms. The van der Waals surface area contributed by atoms with Gasteiger partial charge in [0.15, 0.2) is 0 Å². The number of carbonyl (C=O) groups is 1. The fourth-order valence-electron chi connectivity index (χ4n) is 1.64. The molecule has 0 bridgehead atoms. The highest BCUT2D eigenvalue weighted by molar-refractivity contribution is 5.86. The average molecular weight is 321 g/mol. The summed E-state index contributed by atoms with van der Waals surface area (Å²) < 4.78 is 43.2. The van der Waals surface area contributed by atoms with E-state index in [2.05, 4.69) is 5.32 Å². The van der Waals surface area contributed by atoms with E-state index in [0.717, 1.165) is 12.1 Å². The molecule has 0 saturated heterocycles. The van der Waals surface area contributed by atoms with E-state index < -0.39 is 36.1 Å². The van der Waals surface area contributed by atoms with Crippen molar-refractivity contribution in [1.82, 2.24) is 0 Å². The van der Waals surface area contributed by atoms with Crippen LogP contribution >= 0.6 is 0 Å². The molecule has 3 N–H and O–H groups in total. The van der Waals surface area contributed by atoms with Crippen LogP contribution in [-0.2, 0) is 10.9 Å². The number of carbonyl (C=O) groups excluding carboxylic acids is 1. The van der Waals surface area contributed by atoms with E-state index in [1.54, 1.807) is 20.8 Å². The Balaban J connectivity index is 3.14. The number of aliphatic hydroxyl groups is 2. The predicted octanol–water partition coefficient (Wildman–Crippen LogP) is 3.08. The van der Waals surface area contributed by atoms with Crippen molar-refractivity contribution in [1.29, 1.82) is 0 Å². The van der Waals surface area contributed by atoms with Crippen LogP contribution in [0, 0.1) is 0 Å². The first-order chi connectivity index (χ1) is 9.94. The van der Waals surface area contributed by atoms with Gasteiger partial charge in [-0.15, -0.1) is 0 Å². The summed E-state index contributed by atoms with van der Waals surface area (Å²) in [6, 6.07) is 2.43. The molecule has 22 heavy (non-hydrogen) atoms. The standard InChI is InChI=1S/C14H18F3NO4/c1-13(2,3)22-12(21)18-10-6-8(14(15,16)17)4-5-9(10)11(20)7-19/h4-6,11,19-20H,7H2,1-3H3,(H,18,21). The van der Waals surface area contributed by atoms with Crippen molar-refractivity contribution in [3.05, 3.63) is 29.3 Å². The molecule has 0 aromatic heterocycles. The van der Waals surface area contributed by atoms with Gasteiger partial charge in [-0.05, 0) is 32.9 Å². The molecule has 8 heteroatoms. The Morgan fingerprint density at radius 2 is 1.91 bits per heavy atom. The van der Waals surface area contributed by atoms with Crippen LogP contribution in [0.1, 0.15) is 38.0 Å². The summed E-state index contributed by atoms with van der Waals surface area (Å²) in [5.41, 5.74) is -2.14. The van der Waals surface area contributed by atoms with Crippen molar-refractivity contribution >= 4 is 11.8 Å². The number of anilines is 1. The Morgan fingerprint density at radius 3 is 2.36 bits per heavy atom. The molecule has 0 aliphatic carbocycles. The van der Waals surface area contributed by atoms with E-state index >= 15 is 0 Å². The van der Waals surface area contributed by atoms with Crippen LogP contribution in [0.5, 0.6) is 0 Å². The second kappa shape index (κ2) is 6.53. The summed E-state index contributed by atoms with van der Waals surface area (Å²) in [6.07, 6.45) is -6.99. The monoisotopic (exact) mass is 321 g/mol. The molecular formula is C14H18F3NO4. The topological polar surface area (TPSA) is 78.8 Å². The van der Waals surface area contributed by atoms with E-state index in [0.29, 0.717) is 6.07 Å². The fraction of sp³-hybridized carbons (Fsp3) is 0.500. The third-order valence-corrected chi connectivity index (χ3v) is 2.55. The molecule has 1 aromatic rings. The van der Waals surface area contributed by atoms with Crippen molar-refractivity contribution in [3.63, 3.8) is 0 Å². The van der Waals surface area contributed by atoms with Crippen molar-refractivity contribution in [2.45, 2.75) is 38.7 Å². The smallest absolute Gasteiger partial charge is 0.416 e. The van der Waals surface area contributed by atoms with Crippen LogP contribution < -0.4 is 5.32 Å². The Morgan fingerprint density at radius 1 is 1.32 bits per heavy atom. The highest BCUT2D eigenvalue weighted by atomic mass is 19.4. The number of rotatable bonds is 3. The largest absolute Gasteiger partial charge is 0.444 e. The second-order valence-electron chi connectivity index (χ2n) is 5.63. The first-order valence-electron chi connectivity index (χ1n) is 6.44. The Hall–Kier alpha value is -1.80. The molecule has 0 fully saturated rings. The third-order valence-electron chi connectivity index (χ3n) is 2.55. The van der Waals surface area contributed by atoms with Gasteiger partial charge in [0, 0.05) is 5.56 Å².